The van der Waals surface area contributed by atoms with Crippen LogP contribution in [0.2, 0.25) is 5.02 Å². The molecule has 0 aliphatic heterocycles. The highest BCUT2D eigenvalue weighted by Crippen LogP contribution is 2.29. The number of hydrogen-bond donors (Lipinski definition) is 1. The van der Waals surface area contributed by atoms with Crippen LogP contribution in [0.25, 0.3) is 22.6 Å². The monoisotopic (exact) mass is 492 g/mol. The molecular weight excluding hydrogens is 482 g/mol. The van der Waals surface area contributed by atoms with E-state index in [1.807, 2.05) is 22.6 Å². The Balaban J connectivity index is 1.67. The molecule has 1 heterocycles. The van der Waals surface area contributed by atoms with Gasteiger partial charge in [-0.05, 0) is 77.2 Å². The van der Waals surface area contributed by atoms with Gasteiger partial charge >= 0.3 is 0 Å². The maximum absolute atomic E-state index is 13.1. The minimum Gasteiger partial charge on any atom is -0.506 e. The highest BCUT2D eigenvalue weighted by atomic mass is 127. The molecule has 27 heavy (non-hydrogen) atoms. The molecule has 0 fully saturated rings. The number of fused-ring (bicyclic) bond motifs is 1. The van der Waals surface area contributed by atoms with Crippen molar-refractivity contribution in [2.24, 2.45) is 4.99 Å². The molecule has 0 bridgehead atoms. The summed E-state index contributed by atoms with van der Waals surface area (Å²) < 4.78 is 19.4. The largest absolute Gasteiger partial charge is 0.506 e. The van der Waals surface area contributed by atoms with Crippen molar-refractivity contribution < 1.29 is 13.9 Å². The van der Waals surface area contributed by atoms with Crippen molar-refractivity contribution in [3.8, 4) is 17.2 Å². The minimum absolute atomic E-state index is 0.130. The second-order valence-electron chi connectivity index (χ2n) is 5.76. The fourth-order valence-electron chi connectivity index (χ4n) is 2.54. The van der Waals surface area contributed by atoms with E-state index < -0.39 is 0 Å². The van der Waals surface area contributed by atoms with Crippen LogP contribution in [0.4, 0.5) is 10.1 Å². The molecule has 1 N–H and O–H groups in total. The summed E-state index contributed by atoms with van der Waals surface area (Å²) in [6, 6.07) is 14.6. The van der Waals surface area contributed by atoms with E-state index in [-0.39, 0.29) is 11.6 Å². The first-order valence-electron chi connectivity index (χ1n) is 7.88. The summed E-state index contributed by atoms with van der Waals surface area (Å²) in [5.74, 6) is 0.225. The lowest BCUT2D eigenvalue weighted by molar-refractivity contribution is 0.470. The van der Waals surface area contributed by atoms with Gasteiger partial charge in [-0.25, -0.2) is 9.37 Å². The maximum Gasteiger partial charge on any atom is 0.227 e. The van der Waals surface area contributed by atoms with Crippen LogP contribution in [0.15, 0.2) is 64.0 Å². The van der Waals surface area contributed by atoms with Gasteiger partial charge < -0.3 is 9.52 Å². The Labute approximate surface area is 172 Å². The van der Waals surface area contributed by atoms with E-state index in [2.05, 4.69) is 9.98 Å². The average molecular weight is 493 g/mol. The van der Waals surface area contributed by atoms with E-state index in [1.165, 1.54) is 12.1 Å². The van der Waals surface area contributed by atoms with E-state index in [0.29, 0.717) is 42.4 Å². The van der Waals surface area contributed by atoms with Gasteiger partial charge in [0.2, 0.25) is 5.89 Å². The number of oxazole rings is 1. The molecule has 3 aromatic carbocycles. The fraction of sp³-hybridized carbons (Fsp3) is 0. The molecule has 0 aliphatic rings. The first kappa shape index (κ1) is 17.9. The van der Waals surface area contributed by atoms with Crippen molar-refractivity contribution in [2.75, 3.05) is 0 Å². The Morgan fingerprint density at radius 3 is 2.67 bits per heavy atom. The number of halogens is 3. The van der Waals surface area contributed by atoms with Crippen LogP contribution in [0.5, 0.6) is 5.75 Å². The zero-order valence-electron chi connectivity index (χ0n) is 13.7. The van der Waals surface area contributed by atoms with Crippen molar-refractivity contribution in [1.29, 1.82) is 0 Å². The zero-order chi connectivity index (χ0) is 19.0. The first-order valence-corrected chi connectivity index (χ1v) is 9.34. The molecule has 4 aromatic rings. The van der Waals surface area contributed by atoms with Gasteiger partial charge in [0.15, 0.2) is 5.58 Å². The molecule has 4 nitrogen and oxygen atoms in total. The number of phenols is 1. The lowest BCUT2D eigenvalue weighted by atomic mass is 10.2. The number of rotatable bonds is 3. The molecule has 7 heteroatoms. The van der Waals surface area contributed by atoms with Crippen molar-refractivity contribution >= 4 is 57.2 Å². The third kappa shape index (κ3) is 3.81. The van der Waals surface area contributed by atoms with E-state index in [9.17, 15) is 9.50 Å². The molecule has 0 unspecified atom stereocenters. The van der Waals surface area contributed by atoms with E-state index >= 15 is 0 Å². The number of benzene rings is 3. The third-order valence-corrected chi connectivity index (χ3v) is 4.91. The molecule has 0 amide bonds. The second-order valence-corrected chi connectivity index (χ2v) is 7.36. The lowest BCUT2D eigenvalue weighted by Gasteiger charge is -2.02. The molecule has 134 valence electrons. The predicted octanol–water partition coefficient (Wildman–Crippen LogP) is 6.35. The summed E-state index contributed by atoms with van der Waals surface area (Å²) in [7, 11) is 0. The molecule has 4 rings (SSSR count). The van der Waals surface area contributed by atoms with Crippen molar-refractivity contribution in [3.05, 3.63) is 74.6 Å². The third-order valence-electron chi connectivity index (χ3n) is 3.87. The molecule has 1 aromatic heterocycles. The van der Waals surface area contributed by atoms with Crippen molar-refractivity contribution in [1.82, 2.24) is 4.98 Å². The Bertz CT molecular complexity index is 1170. The summed E-state index contributed by atoms with van der Waals surface area (Å²) in [5, 5.41) is 10.6. The number of nitrogens with zero attached hydrogens (tertiary/aromatic N) is 2. The van der Waals surface area contributed by atoms with E-state index in [0.717, 1.165) is 0 Å². The molecule has 0 saturated carbocycles. The topological polar surface area (TPSA) is 58.6 Å². The number of phenolic OH excluding ortho intramolecular Hbond substituents is 1. The van der Waals surface area contributed by atoms with Crippen LogP contribution in [-0.2, 0) is 0 Å². The Kier molecular flexibility index (Phi) is 4.84. The standard InChI is InChI=1S/C20H11ClFIN2O2/c21-13-7-12(19(26)16(23)8-13)10-24-15-5-6-18-17(9-15)25-20(27-18)11-1-3-14(22)4-2-11/h1-10,26H. The Morgan fingerprint density at radius 2 is 1.89 bits per heavy atom. The SMILES string of the molecule is Oc1c(I)cc(Cl)cc1C=Nc1ccc2oc(-c3ccc(F)cc3)nc2c1. The summed E-state index contributed by atoms with van der Waals surface area (Å²) in [6.07, 6.45) is 1.55. The van der Waals surface area contributed by atoms with Gasteiger partial charge in [-0.3, -0.25) is 4.99 Å². The second kappa shape index (κ2) is 7.28. The molecule has 0 saturated heterocycles. The summed E-state index contributed by atoms with van der Waals surface area (Å²) >= 11 is 8.04. The molecule has 0 atom stereocenters. The fourth-order valence-corrected chi connectivity index (χ4v) is 3.60. The highest BCUT2D eigenvalue weighted by molar-refractivity contribution is 14.1. The van der Waals surface area contributed by atoms with E-state index in [1.54, 1.807) is 48.7 Å². The predicted molar refractivity (Wildman–Crippen MR) is 112 cm³/mol. The molecule has 0 radical (unpaired) electrons. The van der Waals surface area contributed by atoms with Crippen LogP contribution in [-0.4, -0.2) is 16.3 Å². The minimum atomic E-state index is -0.314. The van der Waals surface area contributed by atoms with Gasteiger partial charge in [0.1, 0.15) is 17.1 Å². The van der Waals surface area contributed by atoms with Crippen LogP contribution in [0.1, 0.15) is 5.56 Å². The van der Waals surface area contributed by atoms with Crippen LogP contribution < -0.4 is 0 Å². The lowest BCUT2D eigenvalue weighted by Crippen LogP contribution is -1.86. The van der Waals surface area contributed by atoms with Gasteiger partial charge in [-0.1, -0.05) is 11.6 Å². The summed E-state index contributed by atoms with van der Waals surface area (Å²) in [6.45, 7) is 0. The van der Waals surface area contributed by atoms with Crippen molar-refractivity contribution in [3.63, 3.8) is 0 Å². The van der Waals surface area contributed by atoms with Gasteiger partial charge in [-0.2, -0.15) is 0 Å². The normalized spacial score (nSPS) is 11.5. The van der Waals surface area contributed by atoms with Crippen molar-refractivity contribution in [2.45, 2.75) is 0 Å². The Morgan fingerprint density at radius 1 is 1.11 bits per heavy atom. The molecular formula is C20H11ClFIN2O2. The summed E-state index contributed by atoms with van der Waals surface area (Å²) in [5.41, 5.74) is 3.10. The van der Waals surface area contributed by atoms with Crippen LogP contribution >= 0.6 is 34.2 Å². The van der Waals surface area contributed by atoms with Crippen LogP contribution in [0, 0.1) is 9.39 Å². The summed E-state index contributed by atoms with van der Waals surface area (Å²) in [4.78, 5) is 8.82. The van der Waals surface area contributed by atoms with Gasteiger partial charge in [0, 0.05) is 22.4 Å². The highest BCUT2D eigenvalue weighted by Gasteiger charge is 2.09. The number of aromatic hydroxyl groups is 1. The first-order chi connectivity index (χ1) is 13.0. The van der Waals surface area contributed by atoms with Gasteiger partial charge in [0.25, 0.3) is 0 Å². The van der Waals surface area contributed by atoms with Crippen LogP contribution in [0.3, 0.4) is 0 Å². The van der Waals surface area contributed by atoms with E-state index in [4.69, 9.17) is 16.0 Å². The molecule has 0 aliphatic carbocycles. The van der Waals surface area contributed by atoms with Gasteiger partial charge in [0.05, 0.1) is 9.26 Å². The van der Waals surface area contributed by atoms with Gasteiger partial charge in [-0.15, -0.1) is 0 Å². The number of aliphatic imine (C=N–C) groups is 1. The quantitative estimate of drug-likeness (QED) is 0.268. The average Bonchev–Trinajstić information content (AvgIpc) is 3.07. The maximum atomic E-state index is 13.1. The Hall–Kier alpha value is -2.45. The zero-order valence-corrected chi connectivity index (χ0v) is 16.6. The number of aromatic nitrogens is 1. The number of hydrogen-bond acceptors (Lipinski definition) is 4. The smallest absolute Gasteiger partial charge is 0.227 e. The molecule has 0 spiro atoms.